The summed E-state index contributed by atoms with van der Waals surface area (Å²) < 4.78 is 20.1. The van der Waals surface area contributed by atoms with Crippen LogP contribution in [-0.4, -0.2) is 20.6 Å². The van der Waals surface area contributed by atoms with Crippen LogP contribution in [0.5, 0.6) is 5.75 Å². The van der Waals surface area contributed by atoms with Gasteiger partial charge in [0, 0.05) is 11.1 Å². The van der Waals surface area contributed by atoms with Gasteiger partial charge in [0.05, 0.1) is 3.57 Å². The van der Waals surface area contributed by atoms with E-state index in [1.807, 2.05) is 18.2 Å². The fraction of sp³-hybridized carbons (Fsp3) is 0.0714. The van der Waals surface area contributed by atoms with Crippen LogP contribution >= 0.6 is 22.6 Å². The number of hydrogen-bond donors (Lipinski definition) is 1. The van der Waals surface area contributed by atoms with E-state index >= 15 is 0 Å². The van der Waals surface area contributed by atoms with Crippen molar-refractivity contribution in [2.45, 2.75) is 6.61 Å². The first kappa shape index (κ1) is 13.9. The maximum Gasteiger partial charge on any atom is 0.204 e. The summed E-state index contributed by atoms with van der Waals surface area (Å²) in [6.07, 6.45) is 0. The fourth-order valence-electron chi connectivity index (χ4n) is 1.81. The van der Waals surface area contributed by atoms with Crippen molar-refractivity contribution < 1.29 is 9.13 Å². The number of tetrazole rings is 1. The van der Waals surface area contributed by atoms with Crippen molar-refractivity contribution >= 4 is 22.6 Å². The van der Waals surface area contributed by atoms with Gasteiger partial charge in [-0.1, -0.05) is 18.2 Å². The van der Waals surface area contributed by atoms with Crippen LogP contribution in [-0.2, 0) is 6.61 Å². The van der Waals surface area contributed by atoms with Crippen molar-refractivity contribution in [3.8, 4) is 17.1 Å². The Morgan fingerprint density at radius 2 is 2.05 bits per heavy atom. The van der Waals surface area contributed by atoms with Gasteiger partial charge in [-0.2, -0.15) is 5.21 Å². The second-order valence-corrected chi connectivity index (χ2v) is 5.42. The number of benzene rings is 2. The molecule has 0 saturated carbocycles. The Kier molecular flexibility index (Phi) is 4.09. The molecule has 0 radical (unpaired) electrons. The molecule has 5 nitrogen and oxygen atoms in total. The SMILES string of the molecule is Fc1ccccc1COc1ccc(-c2nn[nH]n2)cc1I. The second-order valence-electron chi connectivity index (χ2n) is 4.26. The average Bonchev–Trinajstić information content (AvgIpc) is 3.02. The van der Waals surface area contributed by atoms with Gasteiger partial charge in [-0.15, -0.1) is 10.2 Å². The maximum absolute atomic E-state index is 13.5. The Morgan fingerprint density at radius 3 is 2.76 bits per heavy atom. The smallest absolute Gasteiger partial charge is 0.204 e. The number of aromatic amines is 1. The van der Waals surface area contributed by atoms with Gasteiger partial charge in [-0.25, -0.2) is 4.39 Å². The van der Waals surface area contributed by atoms with E-state index in [-0.39, 0.29) is 12.4 Å². The summed E-state index contributed by atoms with van der Waals surface area (Å²) >= 11 is 2.16. The molecule has 0 saturated heterocycles. The number of nitrogens with zero attached hydrogens (tertiary/aromatic N) is 3. The Hall–Kier alpha value is -2.03. The van der Waals surface area contributed by atoms with Crippen molar-refractivity contribution in [1.82, 2.24) is 20.6 Å². The molecule has 7 heteroatoms. The van der Waals surface area contributed by atoms with E-state index < -0.39 is 0 Å². The number of hydrogen-bond acceptors (Lipinski definition) is 4. The van der Waals surface area contributed by atoms with Gasteiger partial charge in [0.1, 0.15) is 18.2 Å². The summed E-state index contributed by atoms with van der Waals surface area (Å²) in [5.74, 6) is 0.940. The zero-order chi connectivity index (χ0) is 14.7. The third-order valence-corrected chi connectivity index (χ3v) is 3.72. The summed E-state index contributed by atoms with van der Waals surface area (Å²) in [6, 6.07) is 12.1. The van der Waals surface area contributed by atoms with Crippen LogP contribution in [0.1, 0.15) is 5.56 Å². The number of ether oxygens (including phenoxy) is 1. The maximum atomic E-state index is 13.5. The molecular weight excluding hydrogens is 386 g/mol. The Labute approximate surface area is 133 Å². The number of rotatable bonds is 4. The molecule has 0 fully saturated rings. The molecule has 0 unspecified atom stereocenters. The van der Waals surface area contributed by atoms with Crippen molar-refractivity contribution in [3.63, 3.8) is 0 Å². The summed E-state index contributed by atoms with van der Waals surface area (Å²) in [6.45, 7) is 0.185. The largest absolute Gasteiger partial charge is 0.488 e. The first-order valence-electron chi connectivity index (χ1n) is 6.13. The van der Waals surface area contributed by atoms with E-state index in [1.54, 1.807) is 18.2 Å². The second kappa shape index (κ2) is 6.17. The molecule has 0 bridgehead atoms. The van der Waals surface area contributed by atoms with E-state index in [9.17, 15) is 4.39 Å². The molecule has 3 aromatic rings. The topological polar surface area (TPSA) is 63.7 Å². The molecule has 1 aromatic heterocycles. The van der Waals surface area contributed by atoms with E-state index in [0.29, 0.717) is 17.1 Å². The van der Waals surface area contributed by atoms with Crippen LogP contribution in [0.25, 0.3) is 11.4 Å². The monoisotopic (exact) mass is 396 g/mol. The number of halogens is 2. The summed E-state index contributed by atoms with van der Waals surface area (Å²) in [5, 5.41) is 13.8. The lowest BCUT2D eigenvalue weighted by atomic mass is 10.2. The molecule has 0 atom stereocenters. The summed E-state index contributed by atoms with van der Waals surface area (Å²) in [7, 11) is 0. The third kappa shape index (κ3) is 3.18. The van der Waals surface area contributed by atoms with Gasteiger partial charge < -0.3 is 4.74 Å². The van der Waals surface area contributed by atoms with E-state index in [4.69, 9.17) is 4.74 Å². The Morgan fingerprint density at radius 1 is 1.19 bits per heavy atom. The molecule has 1 N–H and O–H groups in total. The molecule has 21 heavy (non-hydrogen) atoms. The Balaban J connectivity index is 1.76. The van der Waals surface area contributed by atoms with E-state index in [2.05, 4.69) is 43.2 Å². The summed E-state index contributed by atoms with van der Waals surface area (Å²) in [4.78, 5) is 0. The minimum atomic E-state index is -0.268. The lowest BCUT2D eigenvalue weighted by molar-refractivity contribution is 0.298. The molecule has 0 spiro atoms. The van der Waals surface area contributed by atoms with Gasteiger partial charge in [-0.05, 0) is 52.1 Å². The van der Waals surface area contributed by atoms with E-state index in [1.165, 1.54) is 6.07 Å². The molecule has 2 aromatic carbocycles. The lowest BCUT2D eigenvalue weighted by Crippen LogP contribution is -1.99. The highest BCUT2D eigenvalue weighted by Crippen LogP contribution is 2.26. The van der Waals surface area contributed by atoms with Crippen LogP contribution in [0, 0.1) is 9.39 Å². The fourth-order valence-corrected chi connectivity index (χ4v) is 2.48. The molecule has 0 amide bonds. The predicted molar refractivity (Wildman–Crippen MR) is 83.1 cm³/mol. The molecule has 1 heterocycles. The van der Waals surface area contributed by atoms with Crippen LogP contribution in [0.15, 0.2) is 42.5 Å². The minimum Gasteiger partial charge on any atom is -0.488 e. The third-order valence-electron chi connectivity index (χ3n) is 2.88. The molecular formula is C14H10FIN4O. The van der Waals surface area contributed by atoms with Crippen LogP contribution < -0.4 is 4.74 Å². The highest BCUT2D eigenvalue weighted by atomic mass is 127. The zero-order valence-electron chi connectivity index (χ0n) is 10.8. The van der Waals surface area contributed by atoms with Crippen molar-refractivity contribution in [3.05, 3.63) is 57.4 Å². The van der Waals surface area contributed by atoms with Crippen LogP contribution in [0.4, 0.5) is 4.39 Å². The molecule has 0 aliphatic rings. The Bertz CT molecular complexity index is 748. The standard InChI is InChI=1S/C14H10FIN4O/c15-11-4-2-1-3-10(11)8-21-13-6-5-9(7-12(13)16)14-17-19-20-18-14/h1-7H,8H2,(H,17,18,19,20). The number of aromatic nitrogens is 4. The van der Waals surface area contributed by atoms with E-state index in [0.717, 1.165) is 9.13 Å². The van der Waals surface area contributed by atoms with Crippen molar-refractivity contribution in [2.75, 3.05) is 0 Å². The number of H-pyrrole nitrogens is 1. The normalized spacial score (nSPS) is 10.6. The minimum absolute atomic E-state index is 0.185. The van der Waals surface area contributed by atoms with Crippen molar-refractivity contribution in [2.24, 2.45) is 0 Å². The highest BCUT2D eigenvalue weighted by Gasteiger charge is 2.08. The van der Waals surface area contributed by atoms with Crippen molar-refractivity contribution in [1.29, 1.82) is 0 Å². The zero-order valence-corrected chi connectivity index (χ0v) is 12.9. The first-order chi connectivity index (χ1) is 10.2. The predicted octanol–water partition coefficient (Wildman–Crippen LogP) is 3.19. The summed E-state index contributed by atoms with van der Waals surface area (Å²) in [5.41, 5.74) is 1.36. The molecule has 3 rings (SSSR count). The van der Waals surface area contributed by atoms with Gasteiger partial charge in [0.2, 0.25) is 5.82 Å². The van der Waals surface area contributed by atoms with Crippen LogP contribution in [0.2, 0.25) is 0 Å². The van der Waals surface area contributed by atoms with Crippen LogP contribution in [0.3, 0.4) is 0 Å². The molecule has 0 aliphatic heterocycles. The van der Waals surface area contributed by atoms with Gasteiger partial charge in [0.25, 0.3) is 0 Å². The average molecular weight is 396 g/mol. The molecule has 0 aliphatic carbocycles. The lowest BCUT2D eigenvalue weighted by Gasteiger charge is -2.09. The van der Waals surface area contributed by atoms with Gasteiger partial charge in [0.15, 0.2) is 0 Å². The van der Waals surface area contributed by atoms with Gasteiger partial charge >= 0.3 is 0 Å². The highest BCUT2D eigenvalue weighted by molar-refractivity contribution is 14.1. The van der Waals surface area contributed by atoms with Gasteiger partial charge in [-0.3, -0.25) is 0 Å². The quantitative estimate of drug-likeness (QED) is 0.689. The first-order valence-corrected chi connectivity index (χ1v) is 7.21. The molecule has 106 valence electrons. The number of nitrogens with one attached hydrogen (secondary N) is 1.